The van der Waals surface area contributed by atoms with Crippen molar-refractivity contribution in [1.82, 2.24) is 0 Å². The lowest BCUT2D eigenvalue weighted by Crippen LogP contribution is -1.99. The molecule has 0 bridgehead atoms. The Morgan fingerprint density at radius 3 is 2.93 bits per heavy atom. The molecule has 3 nitrogen and oxygen atoms in total. The number of hydrogen-bond acceptors (Lipinski definition) is 3. The Bertz CT molecular complexity index is 297. The Morgan fingerprint density at radius 1 is 1.43 bits per heavy atom. The molecule has 0 unspecified atom stereocenters. The zero-order valence-electron chi connectivity index (χ0n) is 8.44. The second-order valence-electron chi connectivity index (χ2n) is 3.02. The van der Waals surface area contributed by atoms with Crippen molar-refractivity contribution >= 4 is 6.21 Å². The minimum Gasteiger partial charge on any atom is -0.493 e. The highest BCUT2D eigenvalue weighted by Crippen LogP contribution is 2.15. The smallest absolute Gasteiger partial charge is 0.128 e. The largest absolute Gasteiger partial charge is 0.493 e. The van der Waals surface area contributed by atoms with Crippen LogP contribution >= 0.6 is 0 Å². The molecule has 1 rings (SSSR count). The van der Waals surface area contributed by atoms with Crippen LogP contribution in [0.1, 0.15) is 25.3 Å². The predicted octanol–water partition coefficient (Wildman–Crippen LogP) is 2.16. The third kappa shape index (κ3) is 3.09. The van der Waals surface area contributed by atoms with Gasteiger partial charge in [-0.3, -0.25) is 0 Å². The van der Waals surface area contributed by atoms with E-state index in [1.807, 2.05) is 24.3 Å². The molecule has 0 saturated carbocycles. The SMILES string of the molecule is CCCCOc1ccccc1C=NN. The quantitative estimate of drug-likeness (QED) is 0.336. The maximum Gasteiger partial charge on any atom is 0.128 e. The van der Waals surface area contributed by atoms with Gasteiger partial charge in [-0.05, 0) is 18.6 Å². The number of nitrogens with zero attached hydrogens (tertiary/aromatic N) is 1. The topological polar surface area (TPSA) is 47.6 Å². The van der Waals surface area contributed by atoms with Gasteiger partial charge >= 0.3 is 0 Å². The molecule has 0 saturated heterocycles. The van der Waals surface area contributed by atoms with Crippen LogP contribution in [0, 0.1) is 0 Å². The van der Waals surface area contributed by atoms with E-state index in [1.54, 1.807) is 6.21 Å². The fourth-order valence-electron chi connectivity index (χ4n) is 1.13. The molecule has 14 heavy (non-hydrogen) atoms. The fourth-order valence-corrected chi connectivity index (χ4v) is 1.13. The molecule has 76 valence electrons. The first-order valence-electron chi connectivity index (χ1n) is 4.83. The van der Waals surface area contributed by atoms with Crippen LogP contribution in [-0.2, 0) is 0 Å². The minimum atomic E-state index is 0.742. The lowest BCUT2D eigenvalue weighted by atomic mass is 10.2. The van der Waals surface area contributed by atoms with Crippen molar-refractivity contribution in [3.8, 4) is 5.75 Å². The zero-order chi connectivity index (χ0) is 10.2. The summed E-state index contributed by atoms with van der Waals surface area (Å²) in [4.78, 5) is 0. The van der Waals surface area contributed by atoms with Gasteiger partial charge in [0.05, 0.1) is 12.8 Å². The summed E-state index contributed by atoms with van der Waals surface area (Å²) in [5.74, 6) is 5.94. The van der Waals surface area contributed by atoms with Gasteiger partial charge in [0, 0.05) is 5.56 Å². The van der Waals surface area contributed by atoms with E-state index in [0.29, 0.717) is 0 Å². The Hall–Kier alpha value is -1.51. The Balaban J connectivity index is 2.64. The van der Waals surface area contributed by atoms with Gasteiger partial charge in [-0.2, -0.15) is 5.10 Å². The lowest BCUT2D eigenvalue weighted by molar-refractivity contribution is 0.309. The van der Waals surface area contributed by atoms with E-state index in [4.69, 9.17) is 10.6 Å². The summed E-state index contributed by atoms with van der Waals surface area (Å²) in [6, 6.07) is 7.73. The first-order valence-corrected chi connectivity index (χ1v) is 4.83. The highest BCUT2D eigenvalue weighted by atomic mass is 16.5. The Morgan fingerprint density at radius 2 is 2.21 bits per heavy atom. The van der Waals surface area contributed by atoms with Crippen LogP contribution in [0.3, 0.4) is 0 Å². The van der Waals surface area contributed by atoms with Gasteiger partial charge in [0.2, 0.25) is 0 Å². The van der Waals surface area contributed by atoms with E-state index in [9.17, 15) is 0 Å². The average Bonchev–Trinajstić information content (AvgIpc) is 2.21. The third-order valence-corrected chi connectivity index (χ3v) is 1.89. The molecule has 0 spiro atoms. The van der Waals surface area contributed by atoms with Crippen molar-refractivity contribution in [3.05, 3.63) is 29.8 Å². The van der Waals surface area contributed by atoms with Crippen LogP contribution in [0.5, 0.6) is 5.75 Å². The third-order valence-electron chi connectivity index (χ3n) is 1.89. The number of ether oxygens (including phenoxy) is 1. The monoisotopic (exact) mass is 192 g/mol. The molecule has 3 heteroatoms. The summed E-state index contributed by atoms with van der Waals surface area (Å²) in [5.41, 5.74) is 0.922. The normalized spacial score (nSPS) is 10.6. The van der Waals surface area contributed by atoms with Crippen LogP contribution in [0.15, 0.2) is 29.4 Å². The fraction of sp³-hybridized carbons (Fsp3) is 0.364. The van der Waals surface area contributed by atoms with Crippen LogP contribution in [0.4, 0.5) is 0 Å². The van der Waals surface area contributed by atoms with Crippen molar-refractivity contribution in [2.75, 3.05) is 6.61 Å². The van der Waals surface area contributed by atoms with Gasteiger partial charge in [0.1, 0.15) is 5.75 Å². The summed E-state index contributed by atoms with van der Waals surface area (Å²) in [6.07, 6.45) is 3.79. The summed E-state index contributed by atoms with van der Waals surface area (Å²) in [6.45, 7) is 2.88. The number of unbranched alkanes of at least 4 members (excludes halogenated alkanes) is 1. The van der Waals surface area contributed by atoms with Crippen molar-refractivity contribution < 1.29 is 4.74 Å². The van der Waals surface area contributed by atoms with Gasteiger partial charge in [-0.15, -0.1) is 0 Å². The molecule has 0 aliphatic heterocycles. The van der Waals surface area contributed by atoms with Crippen molar-refractivity contribution in [1.29, 1.82) is 0 Å². The first-order chi connectivity index (χ1) is 6.88. The average molecular weight is 192 g/mol. The number of nitrogens with two attached hydrogens (primary N) is 1. The highest BCUT2D eigenvalue weighted by Gasteiger charge is 1.98. The number of hydrogen-bond donors (Lipinski definition) is 1. The van der Waals surface area contributed by atoms with Crippen molar-refractivity contribution in [2.45, 2.75) is 19.8 Å². The predicted molar refractivity (Wildman–Crippen MR) is 58.6 cm³/mol. The molecule has 0 aliphatic rings. The van der Waals surface area contributed by atoms with Crippen molar-refractivity contribution in [3.63, 3.8) is 0 Å². The summed E-state index contributed by atoms with van der Waals surface area (Å²) in [7, 11) is 0. The molecule has 0 aromatic heterocycles. The van der Waals surface area contributed by atoms with E-state index in [0.717, 1.165) is 30.8 Å². The van der Waals surface area contributed by atoms with E-state index in [2.05, 4.69) is 12.0 Å². The molecular weight excluding hydrogens is 176 g/mol. The van der Waals surface area contributed by atoms with E-state index in [-0.39, 0.29) is 0 Å². The Kier molecular flexibility index (Phi) is 4.55. The van der Waals surface area contributed by atoms with Crippen LogP contribution in [0.2, 0.25) is 0 Å². The van der Waals surface area contributed by atoms with E-state index in [1.165, 1.54) is 0 Å². The van der Waals surface area contributed by atoms with Gasteiger partial charge in [-0.25, -0.2) is 0 Å². The molecule has 0 aliphatic carbocycles. The first kappa shape index (κ1) is 10.6. The molecule has 0 atom stereocenters. The number of benzene rings is 1. The molecule has 0 amide bonds. The van der Waals surface area contributed by atoms with Crippen LogP contribution in [0.25, 0.3) is 0 Å². The summed E-state index contributed by atoms with van der Waals surface area (Å²) in [5, 5.41) is 3.49. The number of rotatable bonds is 5. The van der Waals surface area contributed by atoms with Gasteiger partial charge in [-0.1, -0.05) is 25.5 Å². The molecule has 1 aromatic carbocycles. The molecule has 0 radical (unpaired) electrons. The molecular formula is C11H16N2O. The van der Waals surface area contributed by atoms with Gasteiger partial charge in [0.15, 0.2) is 0 Å². The van der Waals surface area contributed by atoms with E-state index < -0.39 is 0 Å². The van der Waals surface area contributed by atoms with Crippen molar-refractivity contribution in [2.24, 2.45) is 10.9 Å². The highest BCUT2D eigenvalue weighted by molar-refractivity contribution is 5.83. The zero-order valence-corrected chi connectivity index (χ0v) is 8.44. The van der Waals surface area contributed by atoms with Crippen LogP contribution in [-0.4, -0.2) is 12.8 Å². The molecule has 1 aromatic rings. The number of hydrazone groups is 1. The minimum absolute atomic E-state index is 0.742. The maximum absolute atomic E-state index is 5.58. The van der Waals surface area contributed by atoms with E-state index >= 15 is 0 Å². The summed E-state index contributed by atoms with van der Waals surface area (Å²) >= 11 is 0. The second-order valence-corrected chi connectivity index (χ2v) is 3.02. The standard InChI is InChI=1S/C11H16N2O/c1-2-3-8-14-11-7-5-4-6-10(11)9-13-12/h4-7,9H,2-3,8,12H2,1H3. The van der Waals surface area contributed by atoms with Crippen LogP contribution < -0.4 is 10.6 Å². The second kappa shape index (κ2) is 6.02. The number of para-hydroxylation sites is 1. The summed E-state index contributed by atoms with van der Waals surface area (Å²) < 4.78 is 5.58. The lowest BCUT2D eigenvalue weighted by Gasteiger charge is -2.07. The molecule has 2 N–H and O–H groups in total. The van der Waals surface area contributed by atoms with Gasteiger partial charge in [0.25, 0.3) is 0 Å². The maximum atomic E-state index is 5.58. The van der Waals surface area contributed by atoms with Gasteiger partial charge < -0.3 is 10.6 Å². The molecule has 0 fully saturated rings. The Labute approximate surface area is 84.6 Å². The molecule has 0 heterocycles.